The van der Waals surface area contributed by atoms with E-state index in [1.54, 1.807) is 0 Å². The van der Waals surface area contributed by atoms with Gasteiger partial charge in [0, 0.05) is 78.5 Å². The number of hydrogen-bond donors (Lipinski definition) is 0. The molecule has 0 N–H and O–H groups in total. The van der Waals surface area contributed by atoms with Crippen molar-refractivity contribution in [1.82, 2.24) is 29.4 Å². The van der Waals surface area contributed by atoms with E-state index in [4.69, 9.17) is 0 Å². The average molecular weight is 568 g/mol. The second-order valence-corrected chi connectivity index (χ2v) is 11.0. The maximum absolute atomic E-state index is 4.09. The number of likely N-dealkylation sites (N-methyl/N-ethyl adjacent to an activating group) is 4. The van der Waals surface area contributed by atoms with E-state index in [9.17, 15) is 0 Å². The van der Waals surface area contributed by atoms with Gasteiger partial charge in [0.05, 0.1) is 9.90 Å². The SMILES string of the molecule is CCN1CCN(CC)CCN(C(Br)CC(Br)N2CCN(CC)CCN(CC)CC2)CC1. The smallest absolute Gasteiger partial charge is 0.0679 e. The summed E-state index contributed by atoms with van der Waals surface area (Å²) in [5, 5.41) is 0. The molecule has 31 heavy (non-hydrogen) atoms. The van der Waals surface area contributed by atoms with E-state index < -0.39 is 0 Å². The molecule has 0 aromatic carbocycles. The van der Waals surface area contributed by atoms with E-state index in [0.29, 0.717) is 9.90 Å². The molecule has 0 amide bonds. The third-order valence-electron chi connectivity index (χ3n) is 7.25. The fourth-order valence-corrected chi connectivity index (χ4v) is 6.63. The molecule has 0 radical (unpaired) electrons. The first kappa shape index (κ1) is 28.0. The summed E-state index contributed by atoms with van der Waals surface area (Å²) < 4.78 is 0. The molecule has 0 aliphatic carbocycles. The highest BCUT2D eigenvalue weighted by Gasteiger charge is 2.26. The lowest BCUT2D eigenvalue weighted by Gasteiger charge is -2.35. The zero-order valence-electron chi connectivity index (χ0n) is 20.6. The number of alkyl halides is 2. The van der Waals surface area contributed by atoms with E-state index >= 15 is 0 Å². The molecule has 184 valence electrons. The Balaban J connectivity index is 1.96. The number of rotatable bonds is 8. The second kappa shape index (κ2) is 15.6. The van der Waals surface area contributed by atoms with Gasteiger partial charge in [0.15, 0.2) is 0 Å². The fraction of sp³-hybridized carbons (Fsp3) is 1.00. The zero-order valence-corrected chi connectivity index (χ0v) is 23.8. The van der Waals surface area contributed by atoms with Crippen LogP contribution in [0.1, 0.15) is 34.1 Å². The van der Waals surface area contributed by atoms with E-state index in [-0.39, 0.29) is 0 Å². The van der Waals surface area contributed by atoms with Gasteiger partial charge in [0.25, 0.3) is 0 Å². The molecule has 2 atom stereocenters. The predicted molar refractivity (Wildman–Crippen MR) is 142 cm³/mol. The van der Waals surface area contributed by atoms with Crippen LogP contribution in [0.25, 0.3) is 0 Å². The van der Waals surface area contributed by atoms with Gasteiger partial charge in [0.1, 0.15) is 0 Å². The first-order chi connectivity index (χ1) is 15.0. The Hall–Kier alpha value is 0.720. The van der Waals surface area contributed by atoms with Crippen LogP contribution in [0.2, 0.25) is 0 Å². The van der Waals surface area contributed by atoms with Gasteiger partial charge >= 0.3 is 0 Å². The van der Waals surface area contributed by atoms with Crippen LogP contribution in [0.15, 0.2) is 0 Å². The molecule has 6 nitrogen and oxygen atoms in total. The van der Waals surface area contributed by atoms with Crippen LogP contribution >= 0.6 is 31.9 Å². The lowest BCUT2D eigenvalue weighted by molar-refractivity contribution is 0.170. The highest BCUT2D eigenvalue weighted by atomic mass is 79.9. The van der Waals surface area contributed by atoms with Crippen molar-refractivity contribution in [1.29, 1.82) is 0 Å². The lowest BCUT2D eigenvalue weighted by atomic mass is 10.3. The summed E-state index contributed by atoms with van der Waals surface area (Å²) in [6, 6.07) is 0. The fourth-order valence-electron chi connectivity index (χ4n) is 4.60. The Morgan fingerprint density at radius 3 is 0.903 bits per heavy atom. The zero-order chi connectivity index (χ0) is 22.6. The molecule has 2 rings (SSSR count). The van der Waals surface area contributed by atoms with Gasteiger partial charge in [-0.1, -0.05) is 59.6 Å². The quantitative estimate of drug-likeness (QED) is 0.329. The van der Waals surface area contributed by atoms with Crippen molar-refractivity contribution in [2.24, 2.45) is 0 Å². The Labute approximate surface area is 209 Å². The van der Waals surface area contributed by atoms with Gasteiger partial charge in [-0.25, -0.2) is 0 Å². The molecule has 0 spiro atoms. The van der Waals surface area contributed by atoms with Crippen LogP contribution in [-0.4, -0.2) is 144 Å². The molecule has 2 aliphatic heterocycles. The Morgan fingerprint density at radius 1 is 0.452 bits per heavy atom. The maximum atomic E-state index is 4.09. The highest BCUT2D eigenvalue weighted by Crippen LogP contribution is 2.22. The van der Waals surface area contributed by atoms with Crippen molar-refractivity contribution in [2.45, 2.75) is 44.0 Å². The standard InChI is InChI=1S/C23H48Br2N6/c1-5-26-9-10-27(6-2)14-18-30(17-13-26)22(24)21-23(25)31-19-15-28(7-3)11-12-29(8-4)16-20-31/h22-23H,5-21H2,1-4H3. The number of hydrogen-bond acceptors (Lipinski definition) is 6. The van der Waals surface area contributed by atoms with E-state index in [1.165, 1.54) is 52.4 Å². The Morgan fingerprint density at radius 2 is 0.677 bits per heavy atom. The summed E-state index contributed by atoms with van der Waals surface area (Å²) in [7, 11) is 0. The number of nitrogens with zero attached hydrogens (tertiary/aromatic N) is 6. The molecular weight excluding hydrogens is 520 g/mol. The first-order valence-corrected chi connectivity index (χ1v) is 14.5. The predicted octanol–water partition coefficient (Wildman–Crippen LogP) is 2.74. The van der Waals surface area contributed by atoms with Crippen molar-refractivity contribution in [3.8, 4) is 0 Å². The van der Waals surface area contributed by atoms with Gasteiger partial charge in [-0.05, 0) is 32.6 Å². The monoisotopic (exact) mass is 566 g/mol. The van der Waals surface area contributed by atoms with Crippen molar-refractivity contribution >= 4 is 31.9 Å². The van der Waals surface area contributed by atoms with Crippen molar-refractivity contribution in [3.05, 3.63) is 0 Å². The summed E-state index contributed by atoms with van der Waals surface area (Å²) >= 11 is 8.18. The molecule has 2 aliphatic rings. The molecule has 2 unspecified atom stereocenters. The molecule has 0 aromatic rings. The maximum Gasteiger partial charge on any atom is 0.0679 e. The average Bonchev–Trinajstić information content (AvgIpc) is 2.95. The summed E-state index contributed by atoms with van der Waals surface area (Å²) in [5.41, 5.74) is 0. The minimum Gasteiger partial charge on any atom is -0.301 e. The molecule has 2 saturated heterocycles. The molecule has 0 bridgehead atoms. The van der Waals surface area contributed by atoms with Gasteiger partial charge < -0.3 is 19.6 Å². The van der Waals surface area contributed by atoms with Gasteiger partial charge in [-0.3, -0.25) is 9.80 Å². The van der Waals surface area contributed by atoms with E-state index in [1.807, 2.05) is 0 Å². The highest BCUT2D eigenvalue weighted by molar-refractivity contribution is 9.10. The molecule has 8 heteroatoms. The normalized spacial score (nSPS) is 25.7. The van der Waals surface area contributed by atoms with Gasteiger partial charge in [-0.2, -0.15) is 0 Å². The van der Waals surface area contributed by atoms with Gasteiger partial charge in [-0.15, -0.1) is 0 Å². The van der Waals surface area contributed by atoms with Crippen molar-refractivity contribution in [2.75, 3.05) is 105 Å². The van der Waals surface area contributed by atoms with E-state index in [2.05, 4.69) is 89.0 Å². The Bertz CT molecular complexity index is 399. The van der Waals surface area contributed by atoms with Crippen molar-refractivity contribution < 1.29 is 0 Å². The molecular formula is C23H48Br2N6. The van der Waals surface area contributed by atoms with Crippen LogP contribution in [0, 0.1) is 0 Å². The minimum atomic E-state index is 0.407. The summed E-state index contributed by atoms with van der Waals surface area (Å²) in [6.45, 7) is 27.8. The summed E-state index contributed by atoms with van der Waals surface area (Å²) in [5.74, 6) is 0. The number of halogens is 2. The van der Waals surface area contributed by atoms with Crippen LogP contribution < -0.4 is 0 Å². The van der Waals surface area contributed by atoms with Crippen LogP contribution in [-0.2, 0) is 0 Å². The minimum absolute atomic E-state index is 0.407. The van der Waals surface area contributed by atoms with Crippen molar-refractivity contribution in [3.63, 3.8) is 0 Å². The summed E-state index contributed by atoms with van der Waals surface area (Å²) in [6.07, 6.45) is 1.11. The largest absolute Gasteiger partial charge is 0.301 e. The molecule has 2 fully saturated rings. The first-order valence-electron chi connectivity index (χ1n) is 12.7. The second-order valence-electron chi connectivity index (χ2n) is 8.91. The summed E-state index contributed by atoms with van der Waals surface area (Å²) in [4.78, 5) is 16.6. The Kier molecular flexibility index (Phi) is 14.1. The topological polar surface area (TPSA) is 19.4 Å². The van der Waals surface area contributed by atoms with Gasteiger partial charge in [0.2, 0.25) is 0 Å². The van der Waals surface area contributed by atoms with E-state index in [0.717, 1.165) is 58.8 Å². The third-order valence-corrected chi connectivity index (χ3v) is 9.15. The molecule has 0 aromatic heterocycles. The third kappa shape index (κ3) is 9.85. The molecule has 0 saturated carbocycles. The van der Waals surface area contributed by atoms with Crippen LogP contribution in [0.4, 0.5) is 0 Å². The van der Waals surface area contributed by atoms with Crippen LogP contribution in [0.3, 0.4) is 0 Å². The van der Waals surface area contributed by atoms with Crippen LogP contribution in [0.5, 0.6) is 0 Å². The molecule has 2 heterocycles. The lowest BCUT2D eigenvalue weighted by Crippen LogP contribution is -2.45.